The number of aromatic nitrogens is 4. The molecular formula is C21H25N5O3S. The fraction of sp³-hybridized carbons (Fsp3) is 0.381. The minimum Gasteiger partial charge on any atom is -0.473 e. The number of hydrogen-bond donors (Lipinski definition) is 0. The second-order valence-corrected chi connectivity index (χ2v) is 9.23. The van der Waals surface area contributed by atoms with Gasteiger partial charge in [-0.2, -0.15) is 9.40 Å². The molecule has 0 N–H and O–H groups in total. The van der Waals surface area contributed by atoms with Gasteiger partial charge in [0.15, 0.2) is 5.82 Å². The molecule has 0 spiro atoms. The van der Waals surface area contributed by atoms with Gasteiger partial charge in [0.1, 0.15) is 6.10 Å². The van der Waals surface area contributed by atoms with Crippen molar-refractivity contribution < 1.29 is 13.2 Å². The second-order valence-electron chi connectivity index (χ2n) is 7.30. The molecule has 0 unspecified atom stereocenters. The number of piperidine rings is 1. The summed E-state index contributed by atoms with van der Waals surface area (Å²) in [6.07, 6.45) is 6.58. The minimum absolute atomic E-state index is 0.0896. The molecule has 3 heterocycles. The molecule has 4 rings (SSSR count). The first kappa shape index (κ1) is 20.5. The molecule has 2 aromatic heterocycles. The number of hydrogen-bond acceptors (Lipinski definition) is 6. The highest BCUT2D eigenvalue weighted by Crippen LogP contribution is 2.23. The van der Waals surface area contributed by atoms with E-state index in [-0.39, 0.29) is 6.10 Å². The average Bonchev–Trinajstić information content (AvgIpc) is 3.30. The van der Waals surface area contributed by atoms with Crippen molar-refractivity contribution in [2.75, 3.05) is 13.1 Å². The fourth-order valence-corrected chi connectivity index (χ4v) is 5.00. The molecule has 0 atom stereocenters. The molecule has 0 aliphatic carbocycles. The zero-order valence-corrected chi connectivity index (χ0v) is 17.7. The Kier molecular flexibility index (Phi) is 6.10. The standard InChI is InChI=1S/C21H25N5O3S/c1-2-4-17-5-7-19(8-6-17)30(27,28)25-15-11-18(12-16-25)29-21-10-9-20(23-24-21)26-14-3-13-22-26/h3,5-10,13-14,18H,2,4,11-12,15-16H2,1H3. The van der Waals surface area contributed by atoms with Gasteiger partial charge in [-0.15, -0.1) is 10.2 Å². The lowest BCUT2D eigenvalue weighted by atomic mass is 10.1. The summed E-state index contributed by atoms with van der Waals surface area (Å²) in [7, 11) is -3.48. The number of rotatable bonds is 7. The lowest BCUT2D eigenvalue weighted by Crippen LogP contribution is -2.41. The third-order valence-electron chi connectivity index (χ3n) is 5.15. The summed E-state index contributed by atoms with van der Waals surface area (Å²) < 4.78 is 34.9. The van der Waals surface area contributed by atoms with E-state index in [1.165, 1.54) is 4.31 Å². The predicted octanol–water partition coefficient (Wildman–Crippen LogP) is 2.85. The number of ether oxygens (including phenoxy) is 1. The van der Waals surface area contributed by atoms with Crippen LogP contribution in [0, 0.1) is 0 Å². The molecular weight excluding hydrogens is 402 g/mol. The van der Waals surface area contributed by atoms with Crippen LogP contribution in [0.4, 0.5) is 0 Å². The van der Waals surface area contributed by atoms with Crippen LogP contribution in [-0.2, 0) is 16.4 Å². The van der Waals surface area contributed by atoms with E-state index in [0.717, 1.165) is 18.4 Å². The Morgan fingerprint density at radius 2 is 1.83 bits per heavy atom. The van der Waals surface area contributed by atoms with Gasteiger partial charge >= 0.3 is 0 Å². The highest BCUT2D eigenvalue weighted by Gasteiger charge is 2.30. The van der Waals surface area contributed by atoms with Gasteiger partial charge in [0.05, 0.1) is 4.90 Å². The van der Waals surface area contributed by atoms with E-state index in [0.29, 0.717) is 42.5 Å². The molecule has 1 aromatic carbocycles. The Balaban J connectivity index is 1.34. The number of nitrogens with zero attached hydrogens (tertiary/aromatic N) is 5. The molecule has 1 fully saturated rings. The fourth-order valence-electron chi connectivity index (χ4n) is 3.53. The summed E-state index contributed by atoms with van der Waals surface area (Å²) >= 11 is 0. The highest BCUT2D eigenvalue weighted by atomic mass is 32.2. The number of benzene rings is 1. The van der Waals surface area contributed by atoms with Gasteiger partial charge in [-0.3, -0.25) is 0 Å². The van der Waals surface area contributed by atoms with Crippen molar-refractivity contribution >= 4 is 10.0 Å². The SMILES string of the molecule is CCCc1ccc(S(=O)(=O)N2CCC(Oc3ccc(-n4cccn4)nn3)CC2)cc1. The topological polar surface area (TPSA) is 90.2 Å². The van der Waals surface area contributed by atoms with Crippen molar-refractivity contribution in [2.24, 2.45) is 0 Å². The molecule has 0 radical (unpaired) electrons. The molecule has 1 aliphatic rings. The van der Waals surface area contributed by atoms with Gasteiger partial charge in [0.25, 0.3) is 0 Å². The van der Waals surface area contributed by atoms with Crippen LogP contribution in [0.1, 0.15) is 31.7 Å². The van der Waals surface area contributed by atoms with E-state index in [1.807, 2.05) is 18.2 Å². The van der Waals surface area contributed by atoms with Crippen molar-refractivity contribution in [3.05, 3.63) is 60.4 Å². The lowest BCUT2D eigenvalue weighted by Gasteiger charge is -2.31. The maximum absolute atomic E-state index is 12.9. The van der Waals surface area contributed by atoms with Crippen molar-refractivity contribution in [3.63, 3.8) is 0 Å². The maximum Gasteiger partial charge on any atom is 0.243 e. The summed E-state index contributed by atoms with van der Waals surface area (Å²) in [6.45, 7) is 2.95. The number of aryl methyl sites for hydroxylation is 1. The predicted molar refractivity (Wildman–Crippen MR) is 112 cm³/mol. The van der Waals surface area contributed by atoms with E-state index < -0.39 is 10.0 Å². The van der Waals surface area contributed by atoms with Gasteiger partial charge in [0.2, 0.25) is 15.9 Å². The van der Waals surface area contributed by atoms with Crippen LogP contribution < -0.4 is 4.74 Å². The first-order chi connectivity index (χ1) is 14.6. The molecule has 8 nitrogen and oxygen atoms in total. The Bertz CT molecular complexity index is 1040. The van der Waals surface area contributed by atoms with E-state index >= 15 is 0 Å². The van der Waals surface area contributed by atoms with Crippen molar-refractivity contribution in [1.82, 2.24) is 24.3 Å². The maximum atomic E-state index is 12.9. The Morgan fingerprint density at radius 1 is 1.07 bits per heavy atom. The van der Waals surface area contributed by atoms with Crippen LogP contribution in [0.2, 0.25) is 0 Å². The Hall–Kier alpha value is -2.78. The van der Waals surface area contributed by atoms with Crippen molar-refractivity contribution in [1.29, 1.82) is 0 Å². The molecule has 158 valence electrons. The Morgan fingerprint density at radius 3 is 2.43 bits per heavy atom. The second kappa shape index (κ2) is 8.93. The largest absolute Gasteiger partial charge is 0.473 e. The van der Waals surface area contributed by atoms with E-state index in [9.17, 15) is 8.42 Å². The van der Waals surface area contributed by atoms with E-state index in [4.69, 9.17) is 4.74 Å². The molecule has 0 saturated carbocycles. The van der Waals surface area contributed by atoms with Crippen LogP contribution in [0.15, 0.2) is 59.8 Å². The molecule has 0 amide bonds. The summed E-state index contributed by atoms with van der Waals surface area (Å²) in [5.74, 6) is 1.04. The minimum atomic E-state index is -3.48. The van der Waals surface area contributed by atoms with E-state index in [1.54, 1.807) is 41.3 Å². The average molecular weight is 428 g/mol. The molecule has 3 aromatic rings. The van der Waals surface area contributed by atoms with Gasteiger partial charge in [-0.05, 0) is 49.1 Å². The van der Waals surface area contributed by atoms with Gasteiger partial charge in [-0.25, -0.2) is 13.1 Å². The molecule has 1 saturated heterocycles. The summed E-state index contributed by atoms with van der Waals surface area (Å²) in [6, 6.07) is 12.6. The molecule has 0 bridgehead atoms. The summed E-state index contributed by atoms with van der Waals surface area (Å²) in [5, 5.41) is 12.3. The van der Waals surface area contributed by atoms with E-state index in [2.05, 4.69) is 22.2 Å². The van der Waals surface area contributed by atoms with Gasteiger partial charge in [0, 0.05) is 31.5 Å². The Labute approximate surface area is 176 Å². The van der Waals surface area contributed by atoms with Crippen LogP contribution in [0.25, 0.3) is 5.82 Å². The highest BCUT2D eigenvalue weighted by molar-refractivity contribution is 7.89. The summed E-state index contributed by atoms with van der Waals surface area (Å²) in [4.78, 5) is 0.349. The zero-order valence-electron chi connectivity index (χ0n) is 16.9. The van der Waals surface area contributed by atoms with Gasteiger partial charge in [-0.1, -0.05) is 25.5 Å². The smallest absolute Gasteiger partial charge is 0.243 e. The van der Waals surface area contributed by atoms with Crippen LogP contribution >= 0.6 is 0 Å². The van der Waals surface area contributed by atoms with Gasteiger partial charge < -0.3 is 4.74 Å². The zero-order chi connectivity index (χ0) is 21.0. The van der Waals surface area contributed by atoms with Crippen molar-refractivity contribution in [2.45, 2.75) is 43.6 Å². The third kappa shape index (κ3) is 4.52. The first-order valence-corrected chi connectivity index (χ1v) is 11.6. The van der Waals surface area contributed by atoms with Crippen molar-refractivity contribution in [3.8, 4) is 11.7 Å². The monoisotopic (exact) mass is 427 g/mol. The molecule has 9 heteroatoms. The van der Waals surface area contributed by atoms with Crippen LogP contribution in [-0.4, -0.2) is 51.9 Å². The number of sulfonamides is 1. The van der Waals surface area contributed by atoms with Crippen LogP contribution in [0.3, 0.4) is 0 Å². The summed E-state index contributed by atoms with van der Waals surface area (Å²) in [5.41, 5.74) is 1.16. The third-order valence-corrected chi connectivity index (χ3v) is 7.07. The normalized spacial score (nSPS) is 15.9. The first-order valence-electron chi connectivity index (χ1n) is 10.2. The lowest BCUT2D eigenvalue weighted by molar-refractivity contribution is 0.128. The molecule has 1 aliphatic heterocycles. The van der Waals surface area contributed by atoms with Crippen LogP contribution in [0.5, 0.6) is 5.88 Å². The quantitative estimate of drug-likeness (QED) is 0.576. The molecule has 30 heavy (non-hydrogen) atoms.